The Morgan fingerprint density at radius 3 is 2.47 bits per heavy atom. The highest BCUT2D eigenvalue weighted by Crippen LogP contribution is 2.31. The molecule has 1 amide bonds. The fraction of sp³-hybridized carbons (Fsp3) is 0.240. The SMILES string of the molecule is COc1ccc(Cl)cc1C(=O)N1CCN(c2ccc([N+](=O)[O-])c(NCc3ccccc3)c2)CC1. The summed E-state index contributed by atoms with van der Waals surface area (Å²) in [6.45, 7) is 2.71. The van der Waals surface area contributed by atoms with Crippen molar-refractivity contribution in [1.82, 2.24) is 4.90 Å². The van der Waals surface area contributed by atoms with Gasteiger partial charge in [-0.3, -0.25) is 14.9 Å². The van der Waals surface area contributed by atoms with Crippen molar-refractivity contribution in [2.45, 2.75) is 6.54 Å². The van der Waals surface area contributed by atoms with Crippen molar-refractivity contribution >= 4 is 34.6 Å². The van der Waals surface area contributed by atoms with E-state index >= 15 is 0 Å². The van der Waals surface area contributed by atoms with Gasteiger partial charge in [-0.15, -0.1) is 0 Å². The van der Waals surface area contributed by atoms with Gasteiger partial charge in [-0.25, -0.2) is 0 Å². The number of benzene rings is 3. The van der Waals surface area contributed by atoms with Crippen LogP contribution in [-0.2, 0) is 6.54 Å². The second kappa shape index (κ2) is 10.4. The molecule has 0 atom stereocenters. The van der Waals surface area contributed by atoms with Crippen molar-refractivity contribution in [3.63, 3.8) is 0 Å². The second-order valence-electron chi connectivity index (χ2n) is 7.92. The molecule has 3 aromatic rings. The Labute approximate surface area is 202 Å². The average molecular weight is 481 g/mol. The van der Waals surface area contributed by atoms with E-state index in [4.69, 9.17) is 16.3 Å². The van der Waals surface area contributed by atoms with Crippen LogP contribution < -0.4 is 15.0 Å². The van der Waals surface area contributed by atoms with Gasteiger partial charge in [0.05, 0.1) is 17.6 Å². The van der Waals surface area contributed by atoms with Crippen LogP contribution in [0.5, 0.6) is 5.75 Å². The molecule has 0 aromatic heterocycles. The van der Waals surface area contributed by atoms with E-state index in [1.165, 1.54) is 13.2 Å². The summed E-state index contributed by atoms with van der Waals surface area (Å²) in [5, 5.41) is 15.2. The number of nitro benzene ring substituents is 1. The van der Waals surface area contributed by atoms with Crippen LogP contribution in [0.15, 0.2) is 66.7 Å². The third kappa shape index (κ3) is 5.23. The quantitative estimate of drug-likeness (QED) is 0.385. The molecule has 34 heavy (non-hydrogen) atoms. The number of rotatable bonds is 7. The lowest BCUT2D eigenvalue weighted by Crippen LogP contribution is -2.48. The fourth-order valence-electron chi connectivity index (χ4n) is 4.00. The lowest BCUT2D eigenvalue weighted by molar-refractivity contribution is -0.384. The zero-order valence-electron chi connectivity index (χ0n) is 18.7. The van der Waals surface area contributed by atoms with E-state index < -0.39 is 0 Å². The summed E-state index contributed by atoms with van der Waals surface area (Å²) in [5.41, 5.74) is 2.83. The average Bonchev–Trinajstić information content (AvgIpc) is 2.87. The van der Waals surface area contributed by atoms with E-state index in [1.807, 2.05) is 30.3 Å². The number of methoxy groups -OCH3 is 1. The molecule has 1 aliphatic heterocycles. The standard InChI is InChI=1S/C25H25ClN4O4/c1-34-24-10-7-19(26)15-21(24)25(31)29-13-11-28(12-14-29)20-8-9-23(30(32)33)22(16-20)27-17-18-5-3-2-4-6-18/h2-10,15-16,27H,11-14,17H2,1H3. The molecule has 1 N–H and O–H groups in total. The monoisotopic (exact) mass is 480 g/mol. The summed E-state index contributed by atoms with van der Waals surface area (Å²) < 4.78 is 5.32. The predicted octanol–water partition coefficient (Wildman–Crippen LogP) is 4.83. The normalized spacial score (nSPS) is 13.5. The van der Waals surface area contributed by atoms with Gasteiger partial charge in [-0.2, -0.15) is 0 Å². The predicted molar refractivity (Wildman–Crippen MR) is 133 cm³/mol. The molecule has 0 unspecified atom stereocenters. The first-order valence-electron chi connectivity index (χ1n) is 10.9. The van der Waals surface area contributed by atoms with Gasteiger partial charge in [0.2, 0.25) is 0 Å². The van der Waals surface area contributed by atoms with E-state index in [-0.39, 0.29) is 16.5 Å². The van der Waals surface area contributed by atoms with Crippen LogP contribution in [0.1, 0.15) is 15.9 Å². The zero-order valence-corrected chi connectivity index (χ0v) is 19.5. The first-order chi connectivity index (χ1) is 16.5. The van der Waals surface area contributed by atoms with Crippen molar-refractivity contribution in [3.05, 3.63) is 93.0 Å². The molecule has 0 bridgehead atoms. The molecule has 0 radical (unpaired) electrons. The summed E-state index contributed by atoms with van der Waals surface area (Å²) in [6.07, 6.45) is 0. The van der Waals surface area contributed by atoms with Gasteiger partial charge in [0, 0.05) is 49.5 Å². The van der Waals surface area contributed by atoms with Crippen molar-refractivity contribution in [2.24, 2.45) is 0 Å². The van der Waals surface area contributed by atoms with E-state index in [1.54, 1.807) is 35.2 Å². The summed E-state index contributed by atoms with van der Waals surface area (Å²) >= 11 is 6.09. The number of halogens is 1. The molecule has 4 rings (SSSR count). The van der Waals surface area contributed by atoms with Crippen LogP contribution in [-0.4, -0.2) is 49.0 Å². The summed E-state index contributed by atoms with van der Waals surface area (Å²) in [4.78, 5) is 28.1. The number of ether oxygens (including phenoxy) is 1. The van der Waals surface area contributed by atoms with Gasteiger partial charge in [0.25, 0.3) is 11.6 Å². The zero-order chi connectivity index (χ0) is 24.1. The second-order valence-corrected chi connectivity index (χ2v) is 8.36. The maximum Gasteiger partial charge on any atom is 0.292 e. The van der Waals surface area contributed by atoms with Crippen molar-refractivity contribution < 1.29 is 14.5 Å². The van der Waals surface area contributed by atoms with Crippen molar-refractivity contribution in [3.8, 4) is 5.75 Å². The van der Waals surface area contributed by atoms with E-state index in [0.717, 1.165) is 11.3 Å². The Morgan fingerprint density at radius 1 is 1.06 bits per heavy atom. The van der Waals surface area contributed by atoms with Gasteiger partial charge in [0.15, 0.2) is 0 Å². The minimum absolute atomic E-state index is 0.0292. The molecule has 0 spiro atoms. The van der Waals surface area contributed by atoms with Gasteiger partial charge >= 0.3 is 0 Å². The highest BCUT2D eigenvalue weighted by Gasteiger charge is 2.26. The maximum absolute atomic E-state index is 13.1. The van der Waals surface area contributed by atoms with Crippen LogP contribution in [0.25, 0.3) is 0 Å². The van der Waals surface area contributed by atoms with Gasteiger partial charge < -0.3 is 19.9 Å². The lowest BCUT2D eigenvalue weighted by atomic mass is 10.1. The van der Waals surface area contributed by atoms with E-state index in [2.05, 4.69) is 10.2 Å². The molecule has 0 aliphatic carbocycles. The van der Waals surface area contributed by atoms with Gasteiger partial charge in [0.1, 0.15) is 11.4 Å². The molecule has 8 nitrogen and oxygen atoms in total. The third-order valence-corrected chi connectivity index (χ3v) is 6.06. The number of carbonyl (C=O) groups excluding carboxylic acids is 1. The molecular formula is C25H25ClN4O4. The van der Waals surface area contributed by atoms with Crippen molar-refractivity contribution in [1.29, 1.82) is 0 Å². The molecule has 1 aliphatic rings. The van der Waals surface area contributed by atoms with E-state index in [0.29, 0.717) is 54.7 Å². The van der Waals surface area contributed by atoms with E-state index in [9.17, 15) is 14.9 Å². The summed E-state index contributed by atoms with van der Waals surface area (Å²) in [7, 11) is 1.52. The molecule has 1 saturated heterocycles. The minimum Gasteiger partial charge on any atom is -0.496 e. The number of piperazine rings is 1. The van der Waals surface area contributed by atoms with Crippen LogP contribution >= 0.6 is 11.6 Å². The topological polar surface area (TPSA) is 88.0 Å². The number of anilines is 2. The Balaban J connectivity index is 1.46. The molecule has 1 heterocycles. The Hall–Kier alpha value is -3.78. The molecule has 0 saturated carbocycles. The van der Waals surface area contributed by atoms with Crippen molar-refractivity contribution in [2.75, 3.05) is 43.5 Å². The highest BCUT2D eigenvalue weighted by molar-refractivity contribution is 6.31. The molecule has 3 aromatic carbocycles. The van der Waals surface area contributed by atoms with Crippen LogP contribution in [0.4, 0.5) is 17.1 Å². The third-order valence-electron chi connectivity index (χ3n) is 5.83. The number of nitrogens with one attached hydrogen (secondary N) is 1. The molecule has 176 valence electrons. The number of hydrogen-bond acceptors (Lipinski definition) is 6. The number of nitrogens with zero attached hydrogens (tertiary/aromatic N) is 3. The first-order valence-corrected chi connectivity index (χ1v) is 11.3. The minimum atomic E-state index is -0.383. The first kappa shape index (κ1) is 23.4. The van der Waals surface area contributed by atoms with Crippen LogP contribution in [0.3, 0.4) is 0 Å². The highest BCUT2D eigenvalue weighted by atomic mass is 35.5. The Morgan fingerprint density at radius 2 is 1.79 bits per heavy atom. The van der Waals surface area contributed by atoms with Gasteiger partial charge in [-0.05, 0) is 35.9 Å². The van der Waals surface area contributed by atoms with Gasteiger partial charge in [-0.1, -0.05) is 41.9 Å². The summed E-state index contributed by atoms with van der Waals surface area (Å²) in [6, 6.07) is 19.8. The largest absolute Gasteiger partial charge is 0.496 e. The number of carbonyl (C=O) groups is 1. The number of amides is 1. The Kier molecular flexibility index (Phi) is 7.18. The number of nitro groups is 1. The Bertz CT molecular complexity index is 1180. The molecule has 1 fully saturated rings. The molecule has 9 heteroatoms. The summed E-state index contributed by atoms with van der Waals surface area (Å²) in [5.74, 6) is 0.356. The van der Waals surface area contributed by atoms with Crippen LogP contribution in [0, 0.1) is 10.1 Å². The lowest BCUT2D eigenvalue weighted by Gasteiger charge is -2.36. The van der Waals surface area contributed by atoms with Crippen LogP contribution in [0.2, 0.25) is 5.02 Å². The fourth-order valence-corrected chi connectivity index (χ4v) is 4.17. The number of hydrogen-bond donors (Lipinski definition) is 1. The maximum atomic E-state index is 13.1. The smallest absolute Gasteiger partial charge is 0.292 e. The molecular weight excluding hydrogens is 456 g/mol.